The molecular formula is C22H36O5. The number of rotatable bonds is 13. The molecule has 2 atom stereocenters. The monoisotopic (exact) mass is 380 g/mol. The highest BCUT2D eigenvalue weighted by Gasteiger charge is 2.40. The maximum Gasteiger partial charge on any atom is 0.163 e. The third-order valence-electron chi connectivity index (χ3n) is 4.92. The summed E-state index contributed by atoms with van der Waals surface area (Å²) in [7, 11) is 1.68. The van der Waals surface area contributed by atoms with Crippen LogP contribution in [0.3, 0.4) is 0 Å². The summed E-state index contributed by atoms with van der Waals surface area (Å²) in [4.78, 5) is 0. The summed E-state index contributed by atoms with van der Waals surface area (Å²) in [5.74, 6) is 0.311. The molecule has 1 N–H and O–H groups in total. The number of aliphatic hydroxyl groups excluding tert-OH is 1. The molecule has 0 amide bonds. The molecule has 0 aliphatic carbocycles. The molecule has 1 saturated heterocycles. The number of unbranched alkanes of at least 4 members (excludes halogenated alkanes) is 5. The maximum absolute atomic E-state index is 9.39. The zero-order valence-electron chi connectivity index (χ0n) is 17.1. The van der Waals surface area contributed by atoms with Gasteiger partial charge in [-0.25, -0.2) is 0 Å². The van der Waals surface area contributed by atoms with E-state index >= 15 is 0 Å². The smallest absolute Gasteiger partial charge is 0.163 e. The van der Waals surface area contributed by atoms with Crippen LogP contribution in [0.5, 0.6) is 5.75 Å². The maximum atomic E-state index is 9.39. The lowest BCUT2D eigenvalue weighted by atomic mass is 10.0. The molecule has 1 aromatic rings. The van der Waals surface area contributed by atoms with E-state index in [1.54, 1.807) is 7.11 Å². The second kappa shape index (κ2) is 11.6. The van der Waals surface area contributed by atoms with Crippen LogP contribution >= 0.6 is 0 Å². The Balaban J connectivity index is 1.42. The van der Waals surface area contributed by atoms with Crippen molar-refractivity contribution in [2.75, 3.05) is 20.3 Å². The highest BCUT2D eigenvalue weighted by atomic mass is 16.8. The van der Waals surface area contributed by atoms with Gasteiger partial charge < -0.3 is 24.1 Å². The average molecular weight is 381 g/mol. The van der Waals surface area contributed by atoms with Gasteiger partial charge >= 0.3 is 0 Å². The van der Waals surface area contributed by atoms with Crippen LogP contribution in [-0.4, -0.2) is 43.4 Å². The Morgan fingerprint density at radius 1 is 0.926 bits per heavy atom. The van der Waals surface area contributed by atoms with Gasteiger partial charge in [-0.3, -0.25) is 0 Å². The fraction of sp³-hybridized carbons (Fsp3) is 0.727. The van der Waals surface area contributed by atoms with E-state index in [1.807, 2.05) is 38.1 Å². The minimum atomic E-state index is -0.566. The first-order chi connectivity index (χ1) is 13.0. The van der Waals surface area contributed by atoms with E-state index in [4.69, 9.17) is 18.9 Å². The summed E-state index contributed by atoms with van der Waals surface area (Å²) in [6, 6.07) is 8.01. The molecule has 1 aliphatic heterocycles. The second-order valence-electron chi connectivity index (χ2n) is 7.71. The zero-order chi connectivity index (χ0) is 19.5. The van der Waals surface area contributed by atoms with Gasteiger partial charge in [-0.15, -0.1) is 0 Å². The highest BCUT2D eigenvalue weighted by molar-refractivity contribution is 5.26. The van der Waals surface area contributed by atoms with Crippen LogP contribution in [0.4, 0.5) is 0 Å². The first kappa shape index (κ1) is 22.2. The molecule has 0 bridgehead atoms. The van der Waals surface area contributed by atoms with Crippen molar-refractivity contribution >= 4 is 0 Å². The fourth-order valence-electron chi connectivity index (χ4n) is 3.48. The van der Waals surface area contributed by atoms with Crippen LogP contribution in [0.1, 0.15) is 64.4 Å². The molecule has 0 spiro atoms. The molecule has 1 aromatic carbocycles. The molecule has 1 fully saturated rings. The lowest BCUT2D eigenvalue weighted by molar-refractivity contribution is -0.149. The lowest BCUT2D eigenvalue weighted by Crippen LogP contribution is -2.26. The Hall–Kier alpha value is -1.14. The van der Waals surface area contributed by atoms with Gasteiger partial charge in [0.05, 0.1) is 26.4 Å². The zero-order valence-corrected chi connectivity index (χ0v) is 17.1. The summed E-state index contributed by atoms with van der Waals surface area (Å²) in [6.07, 6.45) is 7.91. The van der Waals surface area contributed by atoms with Crippen LogP contribution in [0.25, 0.3) is 0 Å². The van der Waals surface area contributed by atoms with Gasteiger partial charge in [0.25, 0.3) is 0 Å². The summed E-state index contributed by atoms with van der Waals surface area (Å²) in [6.45, 7) is 5.33. The van der Waals surface area contributed by atoms with Gasteiger partial charge in [-0.2, -0.15) is 0 Å². The topological polar surface area (TPSA) is 57.2 Å². The summed E-state index contributed by atoms with van der Waals surface area (Å²) in [5, 5.41) is 9.39. The molecule has 27 heavy (non-hydrogen) atoms. The minimum Gasteiger partial charge on any atom is -0.497 e. The number of methoxy groups -OCH3 is 1. The molecule has 154 valence electrons. The van der Waals surface area contributed by atoms with E-state index in [2.05, 4.69) is 0 Å². The highest BCUT2D eigenvalue weighted by Crippen LogP contribution is 2.30. The van der Waals surface area contributed by atoms with Gasteiger partial charge in [0.15, 0.2) is 5.79 Å². The minimum absolute atomic E-state index is 0.0244. The molecule has 5 heteroatoms. The molecule has 1 aliphatic rings. The van der Waals surface area contributed by atoms with Crippen molar-refractivity contribution in [3.05, 3.63) is 29.8 Å². The average Bonchev–Trinajstić information content (AvgIpc) is 2.97. The Labute approximate surface area is 164 Å². The van der Waals surface area contributed by atoms with Gasteiger partial charge in [-0.1, -0.05) is 44.2 Å². The molecule has 2 rings (SSSR count). The predicted octanol–water partition coefficient (Wildman–Crippen LogP) is 4.45. The number of ether oxygens (including phenoxy) is 4. The number of hydrogen-bond donors (Lipinski definition) is 1. The molecule has 0 radical (unpaired) electrons. The van der Waals surface area contributed by atoms with E-state index < -0.39 is 5.79 Å². The van der Waals surface area contributed by atoms with E-state index in [9.17, 15) is 5.11 Å². The second-order valence-corrected chi connectivity index (χ2v) is 7.71. The summed E-state index contributed by atoms with van der Waals surface area (Å²) < 4.78 is 22.5. The lowest BCUT2D eigenvalue weighted by Gasteiger charge is -2.16. The molecule has 0 aromatic heterocycles. The van der Waals surface area contributed by atoms with Crippen LogP contribution in [-0.2, 0) is 20.8 Å². The van der Waals surface area contributed by atoms with Gasteiger partial charge in [0.1, 0.15) is 11.9 Å². The molecule has 0 unspecified atom stereocenters. The summed E-state index contributed by atoms with van der Waals surface area (Å²) >= 11 is 0. The number of hydrogen-bond acceptors (Lipinski definition) is 5. The quantitative estimate of drug-likeness (QED) is 0.512. The first-order valence-corrected chi connectivity index (χ1v) is 10.2. The van der Waals surface area contributed by atoms with Crippen LogP contribution in [0, 0.1) is 0 Å². The Morgan fingerprint density at radius 3 is 2.22 bits per heavy atom. The molecule has 5 nitrogen and oxygen atoms in total. The molecule has 0 saturated carbocycles. The third kappa shape index (κ3) is 8.18. The normalized spacial score (nSPS) is 21.5. The molecular weight excluding hydrogens is 344 g/mol. The van der Waals surface area contributed by atoms with Crippen molar-refractivity contribution in [2.24, 2.45) is 0 Å². The Bertz CT molecular complexity index is 514. The van der Waals surface area contributed by atoms with E-state index in [0.717, 1.165) is 31.6 Å². The van der Waals surface area contributed by atoms with Crippen molar-refractivity contribution in [1.29, 1.82) is 0 Å². The molecule has 1 heterocycles. The summed E-state index contributed by atoms with van der Waals surface area (Å²) in [5.41, 5.74) is 1.18. The van der Waals surface area contributed by atoms with Crippen molar-refractivity contribution in [1.82, 2.24) is 0 Å². The predicted molar refractivity (Wildman–Crippen MR) is 106 cm³/mol. The first-order valence-electron chi connectivity index (χ1n) is 10.2. The number of benzene rings is 1. The van der Waals surface area contributed by atoms with E-state index in [-0.39, 0.29) is 18.8 Å². The SMILES string of the molecule is COc1ccc(COCCCCCCCC[C@@H]2OC(C)(C)O[C@H]2CO)cc1. The standard InChI is InChI=1S/C22H36O5/c1-22(2)26-20(21(16-23)27-22)10-8-6-4-5-7-9-15-25-17-18-11-13-19(24-3)14-12-18/h11-14,20-21,23H,4-10,15-17H2,1-3H3/t20-,21-/m0/s1. The van der Waals surface area contributed by atoms with Gasteiger partial charge in [0, 0.05) is 6.61 Å². The van der Waals surface area contributed by atoms with E-state index in [1.165, 1.54) is 31.2 Å². The Morgan fingerprint density at radius 2 is 1.56 bits per heavy atom. The number of aliphatic hydroxyl groups is 1. The van der Waals surface area contributed by atoms with Crippen LogP contribution < -0.4 is 4.74 Å². The van der Waals surface area contributed by atoms with Crippen molar-refractivity contribution in [3.8, 4) is 5.75 Å². The van der Waals surface area contributed by atoms with Crippen molar-refractivity contribution < 1.29 is 24.1 Å². The third-order valence-corrected chi connectivity index (χ3v) is 4.92. The van der Waals surface area contributed by atoms with Gasteiger partial charge in [-0.05, 0) is 44.4 Å². The fourth-order valence-corrected chi connectivity index (χ4v) is 3.48. The van der Waals surface area contributed by atoms with Crippen LogP contribution in [0.2, 0.25) is 0 Å². The van der Waals surface area contributed by atoms with Crippen molar-refractivity contribution in [2.45, 2.75) is 83.4 Å². The largest absolute Gasteiger partial charge is 0.497 e. The van der Waals surface area contributed by atoms with Crippen molar-refractivity contribution in [3.63, 3.8) is 0 Å². The Kier molecular flexibility index (Phi) is 9.56. The van der Waals surface area contributed by atoms with Gasteiger partial charge in [0.2, 0.25) is 0 Å². The van der Waals surface area contributed by atoms with Crippen LogP contribution in [0.15, 0.2) is 24.3 Å². The van der Waals surface area contributed by atoms with E-state index in [0.29, 0.717) is 6.61 Å².